The molecular weight excluding hydrogens is 528 g/mol. The lowest BCUT2D eigenvalue weighted by molar-refractivity contribution is -0.149. The number of pyridine rings is 2. The SMILES string of the molecule is CCOC(=O)C(C)(C)NCC1CCC(Nc2cc(-c3cccc(NCC4(C#N)CCOCC4)n3)c(Cl)cn2)CC1. The summed E-state index contributed by atoms with van der Waals surface area (Å²) < 4.78 is 10.6. The topological polar surface area (TPSA) is 121 Å². The maximum Gasteiger partial charge on any atom is 0.325 e. The standard InChI is InChI=1S/C30H41ClN6O3/c1-4-40-28(38)29(2,3)35-17-21-8-10-22(11-9-21)36-27-16-23(24(31)18-33-27)25-6-5-7-26(37-25)34-20-30(19-32)12-14-39-15-13-30/h5-7,16,18,21-22,35H,4,8-15,17,20H2,1-3H3,(H,33,36)(H,34,37). The molecular formula is C30H41ClN6O3. The Morgan fingerprint density at radius 1 is 1.23 bits per heavy atom. The summed E-state index contributed by atoms with van der Waals surface area (Å²) in [6.07, 6.45) is 7.27. The lowest BCUT2D eigenvalue weighted by atomic mass is 9.82. The van der Waals surface area contributed by atoms with Crippen molar-refractivity contribution in [3.8, 4) is 17.3 Å². The van der Waals surface area contributed by atoms with Gasteiger partial charge in [0.25, 0.3) is 0 Å². The van der Waals surface area contributed by atoms with Crippen LogP contribution in [0.3, 0.4) is 0 Å². The normalized spacial score (nSPS) is 20.8. The number of aromatic nitrogens is 2. The van der Waals surface area contributed by atoms with Crippen LogP contribution in [0.25, 0.3) is 11.3 Å². The second-order valence-corrected chi connectivity index (χ2v) is 11.8. The zero-order valence-corrected chi connectivity index (χ0v) is 24.5. The molecule has 1 saturated carbocycles. The fraction of sp³-hybridized carbons (Fsp3) is 0.600. The number of carbonyl (C=O) groups excluding carboxylic acids is 1. The number of ether oxygens (including phenoxy) is 2. The predicted molar refractivity (Wildman–Crippen MR) is 157 cm³/mol. The molecule has 3 N–H and O–H groups in total. The van der Waals surface area contributed by atoms with E-state index in [1.807, 2.05) is 45.0 Å². The Morgan fingerprint density at radius 2 is 1.98 bits per heavy atom. The molecule has 1 aliphatic carbocycles. The Kier molecular flexibility index (Phi) is 10.2. The van der Waals surface area contributed by atoms with Gasteiger partial charge in [0.15, 0.2) is 0 Å². The molecule has 2 aromatic heterocycles. The Morgan fingerprint density at radius 3 is 2.67 bits per heavy atom. The number of nitrogens with one attached hydrogen (secondary N) is 3. The van der Waals surface area contributed by atoms with Crippen molar-refractivity contribution in [3.05, 3.63) is 35.5 Å². The molecule has 1 aliphatic heterocycles. The van der Waals surface area contributed by atoms with Crippen LogP contribution in [0.2, 0.25) is 5.02 Å². The summed E-state index contributed by atoms with van der Waals surface area (Å²) in [5.41, 5.74) is 0.436. The first-order chi connectivity index (χ1) is 19.2. The number of nitrogens with zero attached hydrogens (tertiary/aromatic N) is 3. The van der Waals surface area contributed by atoms with E-state index >= 15 is 0 Å². The quantitative estimate of drug-likeness (QED) is 0.304. The zero-order valence-electron chi connectivity index (χ0n) is 23.8. The minimum absolute atomic E-state index is 0.212. The summed E-state index contributed by atoms with van der Waals surface area (Å²) in [7, 11) is 0. The van der Waals surface area contributed by atoms with Gasteiger partial charge in [0, 0.05) is 37.6 Å². The number of carbonyl (C=O) groups is 1. The largest absolute Gasteiger partial charge is 0.465 e. The van der Waals surface area contributed by atoms with Crippen LogP contribution < -0.4 is 16.0 Å². The monoisotopic (exact) mass is 568 g/mol. The second kappa shape index (κ2) is 13.6. The van der Waals surface area contributed by atoms with Crippen molar-refractivity contribution in [2.24, 2.45) is 11.3 Å². The highest BCUT2D eigenvalue weighted by Gasteiger charge is 2.33. The molecule has 10 heteroatoms. The fourth-order valence-corrected chi connectivity index (χ4v) is 5.45. The van der Waals surface area contributed by atoms with E-state index in [-0.39, 0.29) is 5.97 Å². The molecule has 3 heterocycles. The molecule has 0 amide bonds. The van der Waals surface area contributed by atoms with Crippen LogP contribution in [0.15, 0.2) is 30.5 Å². The van der Waals surface area contributed by atoms with E-state index in [1.165, 1.54) is 0 Å². The lowest BCUT2D eigenvalue weighted by Crippen LogP contribution is -2.49. The Bertz CT molecular complexity index is 1190. The highest BCUT2D eigenvalue weighted by atomic mass is 35.5. The molecule has 2 aliphatic rings. The Hall–Kier alpha value is -2.93. The molecule has 0 bridgehead atoms. The van der Waals surface area contributed by atoms with E-state index in [4.69, 9.17) is 26.1 Å². The van der Waals surface area contributed by atoms with Gasteiger partial charge in [-0.2, -0.15) is 5.26 Å². The van der Waals surface area contributed by atoms with Crippen LogP contribution in [-0.2, 0) is 14.3 Å². The highest BCUT2D eigenvalue weighted by Crippen LogP contribution is 2.33. The molecule has 0 unspecified atom stereocenters. The molecule has 0 atom stereocenters. The molecule has 2 aromatic rings. The number of esters is 1. The number of hydrogen-bond donors (Lipinski definition) is 3. The molecule has 0 aromatic carbocycles. The van der Waals surface area contributed by atoms with Crippen molar-refractivity contribution < 1.29 is 14.3 Å². The highest BCUT2D eigenvalue weighted by molar-refractivity contribution is 6.33. The fourth-order valence-electron chi connectivity index (χ4n) is 5.25. The average molecular weight is 569 g/mol. The van der Waals surface area contributed by atoms with Crippen LogP contribution in [0.1, 0.15) is 59.3 Å². The smallest absolute Gasteiger partial charge is 0.325 e. The average Bonchev–Trinajstić information content (AvgIpc) is 2.97. The maximum atomic E-state index is 12.2. The van der Waals surface area contributed by atoms with E-state index in [0.29, 0.717) is 62.0 Å². The lowest BCUT2D eigenvalue weighted by Gasteiger charge is -2.32. The summed E-state index contributed by atoms with van der Waals surface area (Å²) in [6.45, 7) is 8.49. The second-order valence-electron chi connectivity index (χ2n) is 11.4. The first kappa shape index (κ1) is 30.0. The Labute approximate surface area is 242 Å². The first-order valence-corrected chi connectivity index (χ1v) is 14.7. The van der Waals surface area contributed by atoms with Crippen LogP contribution in [0, 0.1) is 22.7 Å². The molecule has 4 rings (SSSR count). The zero-order chi connectivity index (χ0) is 28.6. The van der Waals surface area contributed by atoms with Crippen LogP contribution in [-0.4, -0.2) is 60.4 Å². The van der Waals surface area contributed by atoms with Gasteiger partial charge < -0.3 is 25.4 Å². The van der Waals surface area contributed by atoms with Gasteiger partial charge in [-0.25, -0.2) is 9.97 Å². The van der Waals surface area contributed by atoms with Crippen molar-refractivity contribution in [2.45, 2.75) is 70.9 Å². The number of halogens is 1. The summed E-state index contributed by atoms with van der Waals surface area (Å²) in [6, 6.07) is 10.5. The van der Waals surface area contributed by atoms with Crippen molar-refractivity contribution in [1.82, 2.24) is 15.3 Å². The van der Waals surface area contributed by atoms with Crippen molar-refractivity contribution >= 4 is 29.2 Å². The van der Waals surface area contributed by atoms with E-state index in [1.54, 1.807) is 6.20 Å². The van der Waals surface area contributed by atoms with Gasteiger partial charge in [0.05, 0.1) is 28.8 Å². The van der Waals surface area contributed by atoms with Gasteiger partial charge in [0.2, 0.25) is 0 Å². The third-order valence-electron chi connectivity index (χ3n) is 7.99. The van der Waals surface area contributed by atoms with E-state index in [0.717, 1.165) is 49.3 Å². The van der Waals surface area contributed by atoms with Crippen LogP contribution >= 0.6 is 11.6 Å². The van der Waals surface area contributed by atoms with Crippen molar-refractivity contribution in [1.29, 1.82) is 5.26 Å². The molecule has 216 valence electrons. The van der Waals surface area contributed by atoms with Crippen LogP contribution in [0.4, 0.5) is 11.6 Å². The molecule has 1 saturated heterocycles. The van der Waals surface area contributed by atoms with E-state index in [9.17, 15) is 10.1 Å². The molecule has 40 heavy (non-hydrogen) atoms. The number of anilines is 2. The van der Waals surface area contributed by atoms with Gasteiger partial charge in [-0.05, 0) is 90.0 Å². The Balaban J connectivity index is 1.33. The van der Waals surface area contributed by atoms with Crippen LogP contribution in [0.5, 0.6) is 0 Å². The van der Waals surface area contributed by atoms with E-state index < -0.39 is 11.0 Å². The van der Waals surface area contributed by atoms with Gasteiger partial charge in [-0.3, -0.25) is 4.79 Å². The van der Waals surface area contributed by atoms with Crippen molar-refractivity contribution in [3.63, 3.8) is 0 Å². The summed E-state index contributed by atoms with van der Waals surface area (Å²) >= 11 is 6.55. The summed E-state index contributed by atoms with van der Waals surface area (Å²) in [4.78, 5) is 21.5. The molecule has 0 radical (unpaired) electrons. The van der Waals surface area contributed by atoms with Gasteiger partial charge in [-0.15, -0.1) is 0 Å². The van der Waals surface area contributed by atoms with Gasteiger partial charge in [0.1, 0.15) is 17.2 Å². The summed E-state index contributed by atoms with van der Waals surface area (Å²) in [5, 5.41) is 20.6. The maximum absolute atomic E-state index is 12.2. The first-order valence-electron chi connectivity index (χ1n) is 14.3. The number of hydrogen-bond acceptors (Lipinski definition) is 9. The van der Waals surface area contributed by atoms with Crippen molar-refractivity contribution in [2.75, 3.05) is 43.5 Å². The third kappa shape index (κ3) is 7.84. The summed E-state index contributed by atoms with van der Waals surface area (Å²) in [5.74, 6) is 1.78. The minimum atomic E-state index is -0.683. The number of rotatable bonds is 11. The number of nitriles is 1. The van der Waals surface area contributed by atoms with Gasteiger partial charge >= 0.3 is 5.97 Å². The molecule has 9 nitrogen and oxygen atoms in total. The molecule has 2 fully saturated rings. The minimum Gasteiger partial charge on any atom is -0.465 e. The predicted octanol–water partition coefficient (Wildman–Crippen LogP) is 5.43. The third-order valence-corrected chi connectivity index (χ3v) is 8.29. The molecule has 0 spiro atoms. The van der Waals surface area contributed by atoms with E-state index in [2.05, 4.69) is 27.0 Å². The van der Waals surface area contributed by atoms with Gasteiger partial charge in [-0.1, -0.05) is 17.7 Å².